The maximum absolute atomic E-state index is 13.4. The standard InChI is InChI=1S/C32H44N4O7/c1-31(2,3)43-29(39)34-19-11-10-16-26(33)27(37)36-20-17-32(18-21-36,28(38)41-22-24-12-6-4-7-13-24)35-30(40)42-23-25-14-8-5-9-15-25/h4-9,12-15,26H,10-11,16-23,33H2,1-3H3,(H,34,39)(H,35,40). The molecule has 0 bridgehead atoms. The molecule has 1 heterocycles. The van der Waals surface area contributed by atoms with Crippen LogP contribution in [0.15, 0.2) is 60.7 Å². The number of esters is 1. The van der Waals surface area contributed by atoms with E-state index in [0.29, 0.717) is 25.8 Å². The molecule has 0 aromatic heterocycles. The fourth-order valence-corrected chi connectivity index (χ4v) is 4.66. The highest BCUT2D eigenvalue weighted by atomic mass is 16.6. The van der Waals surface area contributed by atoms with Crippen LogP contribution >= 0.6 is 0 Å². The molecule has 0 saturated carbocycles. The van der Waals surface area contributed by atoms with E-state index >= 15 is 0 Å². The number of likely N-dealkylation sites (tertiary alicyclic amines) is 1. The van der Waals surface area contributed by atoms with Crippen molar-refractivity contribution in [3.63, 3.8) is 0 Å². The maximum Gasteiger partial charge on any atom is 0.408 e. The van der Waals surface area contributed by atoms with Crippen molar-refractivity contribution in [2.24, 2.45) is 5.73 Å². The second kappa shape index (κ2) is 15.9. The number of piperidine rings is 1. The van der Waals surface area contributed by atoms with Crippen molar-refractivity contribution in [1.82, 2.24) is 15.5 Å². The average molecular weight is 597 g/mol. The number of ether oxygens (including phenoxy) is 3. The molecule has 0 radical (unpaired) electrons. The van der Waals surface area contributed by atoms with Crippen molar-refractivity contribution in [2.75, 3.05) is 19.6 Å². The lowest BCUT2D eigenvalue weighted by atomic mass is 9.87. The van der Waals surface area contributed by atoms with Crippen molar-refractivity contribution in [1.29, 1.82) is 0 Å². The van der Waals surface area contributed by atoms with Gasteiger partial charge in [0, 0.05) is 19.6 Å². The van der Waals surface area contributed by atoms with Gasteiger partial charge in [0.15, 0.2) is 0 Å². The molecule has 0 aliphatic carbocycles. The van der Waals surface area contributed by atoms with Crippen LogP contribution < -0.4 is 16.4 Å². The molecule has 1 aliphatic heterocycles. The van der Waals surface area contributed by atoms with Gasteiger partial charge in [-0.1, -0.05) is 60.7 Å². The van der Waals surface area contributed by atoms with Gasteiger partial charge in [-0.15, -0.1) is 0 Å². The highest BCUT2D eigenvalue weighted by molar-refractivity contribution is 5.87. The zero-order chi connectivity index (χ0) is 31.3. The first kappa shape index (κ1) is 33.4. The lowest BCUT2D eigenvalue weighted by Gasteiger charge is -2.40. The molecular formula is C32H44N4O7. The number of nitrogens with zero attached hydrogens (tertiary/aromatic N) is 1. The van der Waals surface area contributed by atoms with Gasteiger partial charge in [-0.25, -0.2) is 14.4 Å². The summed E-state index contributed by atoms with van der Waals surface area (Å²) in [5, 5.41) is 5.44. The normalized spacial score (nSPS) is 15.1. The van der Waals surface area contributed by atoms with E-state index in [1.165, 1.54) is 0 Å². The highest BCUT2D eigenvalue weighted by Crippen LogP contribution is 2.26. The van der Waals surface area contributed by atoms with Crippen LogP contribution in [0.1, 0.15) is 64.0 Å². The van der Waals surface area contributed by atoms with E-state index in [0.717, 1.165) is 11.1 Å². The molecule has 1 fully saturated rings. The number of amides is 3. The number of alkyl carbamates (subject to hydrolysis) is 2. The Morgan fingerprint density at radius 1 is 0.860 bits per heavy atom. The number of nitrogens with one attached hydrogen (secondary N) is 2. The summed E-state index contributed by atoms with van der Waals surface area (Å²) in [7, 11) is 0. The molecule has 1 unspecified atom stereocenters. The molecule has 1 aliphatic rings. The van der Waals surface area contributed by atoms with Crippen LogP contribution in [-0.4, -0.2) is 65.8 Å². The Bertz CT molecular complexity index is 1190. The predicted octanol–water partition coefficient (Wildman–Crippen LogP) is 4.04. The maximum atomic E-state index is 13.4. The number of benzene rings is 2. The van der Waals surface area contributed by atoms with Gasteiger partial charge >= 0.3 is 18.2 Å². The monoisotopic (exact) mass is 596 g/mol. The Kier molecular flexibility index (Phi) is 12.4. The Morgan fingerprint density at radius 2 is 1.42 bits per heavy atom. The summed E-state index contributed by atoms with van der Waals surface area (Å²) in [5.41, 5.74) is 5.92. The third-order valence-corrected chi connectivity index (χ3v) is 7.01. The van der Waals surface area contributed by atoms with Crippen molar-refractivity contribution < 1.29 is 33.4 Å². The van der Waals surface area contributed by atoms with Gasteiger partial charge in [-0.05, 0) is 64.0 Å². The van der Waals surface area contributed by atoms with Crippen LogP contribution in [0.5, 0.6) is 0 Å². The van der Waals surface area contributed by atoms with Gasteiger partial charge in [-0.2, -0.15) is 0 Å². The first-order chi connectivity index (χ1) is 20.5. The number of carbonyl (C=O) groups is 4. The Morgan fingerprint density at radius 3 is 1.98 bits per heavy atom. The van der Waals surface area contributed by atoms with E-state index in [-0.39, 0.29) is 45.1 Å². The summed E-state index contributed by atoms with van der Waals surface area (Å²) in [6.45, 7) is 6.33. The number of hydrogen-bond acceptors (Lipinski definition) is 8. The van der Waals surface area contributed by atoms with Crippen LogP contribution in [0.4, 0.5) is 9.59 Å². The van der Waals surface area contributed by atoms with Gasteiger partial charge in [0.25, 0.3) is 0 Å². The minimum absolute atomic E-state index is 0.0502. The Hall–Kier alpha value is -4.12. The molecule has 1 atom stereocenters. The van der Waals surface area contributed by atoms with E-state index in [1.54, 1.807) is 25.7 Å². The van der Waals surface area contributed by atoms with Crippen LogP contribution in [0.3, 0.4) is 0 Å². The quantitative estimate of drug-likeness (QED) is 0.189. The van der Waals surface area contributed by atoms with E-state index in [1.807, 2.05) is 60.7 Å². The Labute approximate surface area is 253 Å². The lowest BCUT2D eigenvalue weighted by Crippen LogP contribution is -2.62. The third-order valence-electron chi connectivity index (χ3n) is 7.01. The molecule has 0 spiro atoms. The van der Waals surface area contributed by atoms with E-state index in [4.69, 9.17) is 19.9 Å². The summed E-state index contributed by atoms with van der Waals surface area (Å²) in [6.07, 6.45) is 0.812. The van der Waals surface area contributed by atoms with Crippen LogP contribution in [0, 0.1) is 0 Å². The number of carbonyl (C=O) groups excluding carboxylic acids is 4. The lowest BCUT2D eigenvalue weighted by molar-refractivity contribution is -0.156. The van der Waals surface area contributed by atoms with Gasteiger partial charge in [0.2, 0.25) is 5.91 Å². The SMILES string of the molecule is CC(C)(C)OC(=O)NCCCCC(N)C(=O)N1CCC(NC(=O)OCc2ccccc2)(C(=O)OCc2ccccc2)CC1. The Balaban J connectivity index is 1.52. The van der Waals surface area contributed by atoms with Crippen molar-refractivity contribution in [3.05, 3.63) is 71.8 Å². The molecular weight excluding hydrogens is 552 g/mol. The van der Waals surface area contributed by atoms with Gasteiger partial charge < -0.3 is 35.5 Å². The van der Waals surface area contributed by atoms with Crippen molar-refractivity contribution in [2.45, 2.75) is 83.3 Å². The molecule has 3 rings (SSSR count). The molecule has 234 valence electrons. The molecule has 11 nitrogen and oxygen atoms in total. The smallest absolute Gasteiger partial charge is 0.408 e. The second-order valence-electron chi connectivity index (χ2n) is 11.7. The summed E-state index contributed by atoms with van der Waals surface area (Å²) in [4.78, 5) is 52.6. The number of unbranched alkanes of at least 4 members (excludes halogenated alkanes) is 1. The predicted molar refractivity (Wildman–Crippen MR) is 161 cm³/mol. The summed E-state index contributed by atoms with van der Waals surface area (Å²) in [5.74, 6) is -0.806. The second-order valence-corrected chi connectivity index (χ2v) is 11.7. The van der Waals surface area contributed by atoms with Crippen LogP contribution in [0.25, 0.3) is 0 Å². The number of hydrogen-bond donors (Lipinski definition) is 3. The zero-order valence-electron chi connectivity index (χ0n) is 25.3. The fourth-order valence-electron chi connectivity index (χ4n) is 4.66. The molecule has 2 aromatic carbocycles. The third kappa shape index (κ3) is 11.2. The van der Waals surface area contributed by atoms with Gasteiger partial charge in [0.05, 0.1) is 6.04 Å². The summed E-state index contributed by atoms with van der Waals surface area (Å²) >= 11 is 0. The molecule has 2 aromatic rings. The van der Waals surface area contributed by atoms with Gasteiger partial charge in [0.1, 0.15) is 24.4 Å². The minimum atomic E-state index is -1.35. The molecule has 4 N–H and O–H groups in total. The highest BCUT2D eigenvalue weighted by Gasteiger charge is 2.46. The molecule has 3 amide bonds. The fraction of sp³-hybridized carbons (Fsp3) is 0.500. The van der Waals surface area contributed by atoms with E-state index in [9.17, 15) is 19.2 Å². The zero-order valence-corrected chi connectivity index (χ0v) is 25.3. The largest absolute Gasteiger partial charge is 0.459 e. The summed E-state index contributed by atoms with van der Waals surface area (Å²) in [6, 6.07) is 17.8. The summed E-state index contributed by atoms with van der Waals surface area (Å²) < 4.78 is 16.2. The number of rotatable bonds is 12. The molecule has 1 saturated heterocycles. The average Bonchev–Trinajstić information content (AvgIpc) is 2.98. The van der Waals surface area contributed by atoms with Crippen molar-refractivity contribution >= 4 is 24.1 Å². The van der Waals surface area contributed by atoms with Crippen LogP contribution in [-0.2, 0) is 37.0 Å². The van der Waals surface area contributed by atoms with Crippen LogP contribution in [0.2, 0.25) is 0 Å². The topological polar surface area (TPSA) is 149 Å². The minimum Gasteiger partial charge on any atom is -0.459 e. The first-order valence-corrected chi connectivity index (χ1v) is 14.7. The molecule has 11 heteroatoms. The van der Waals surface area contributed by atoms with E-state index < -0.39 is 35.3 Å². The molecule has 43 heavy (non-hydrogen) atoms. The number of nitrogens with two attached hydrogens (primary N) is 1. The van der Waals surface area contributed by atoms with Crippen molar-refractivity contribution in [3.8, 4) is 0 Å². The van der Waals surface area contributed by atoms with E-state index in [2.05, 4.69) is 10.6 Å². The first-order valence-electron chi connectivity index (χ1n) is 14.7. The van der Waals surface area contributed by atoms with Gasteiger partial charge in [-0.3, -0.25) is 4.79 Å².